The Morgan fingerprint density at radius 2 is 1.59 bits per heavy atom. The lowest BCUT2D eigenvalue weighted by Crippen LogP contribution is -2.60. The number of sulfonamides is 1. The Morgan fingerprint density at radius 1 is 0.927 bits per heavy atom. The van der Waals surface area contributed by atoms with Gasteiger partial charge in [0.1, 0.15) is 0 Å². The van der Waals surface area contributed by atoms with Crippen molar-refractivity contribution in [2.45, 2.75) is 93.4 Å². The molecule has 41 heavy (non-hydrogen) atoms. The van der Waals surface area contributed by atoms with Crippen LogP contribution in [0.3, 0.4) is 0 Å². The third-order valence-electron chi connectivity index (χ3n) is 9.78. The van der Waals surface area contributed by atoms with Crippen LogP contribution in [-0.2, 0) is 29.0 Å². The van der Waals surface area contributed by atoms with E-state index in [-0.39, 0.29) is 28.5 Å². The fourth-order valence-electron chi connectivity index (χ4n) is 7.43. The van der Waals surface area contributed by atoms with Crippen LogP contribution in [0.1, 0.15) is 68.6 Å². The van der Waals surface area contributed by atoms with E-state index < -0.39 is 21.8 Å². The Balaban J connectivity index is 1.13. The van der Waals surface area contributed by atoms with Crippen LogP contribution in [-0.4, -0.2) is 54.4 Å². The van der Waals surface area contributed by atoms with Crippen molar-refractivity contribution in [3.8, 4) is 0 Å². The van der Waals surface area contributed by atoms with Gasteiger partial charge in [-0.15, -0.1) is 0 Å². The van der Waals surface area contributed by atoms with Crippen LogP contribution in [0.4, 0.5) is 18.0 Å². The molecule has 0 spiro atoms. The van der Waals surface area contributed by atoms with Gasteiger partial charge in [-0.05, 0) is 106 Å². The van der Waals surface area contributed by atoms with Crippen LogP contribution in [0.25, 0.3) is 0 Å². The minimum absolute atomic E-state index is 0.107. The maximum Gasteiger partial charge on any atom is 0.416 e. The number of rotatable bonds is 5. The van der Waals surface area contributed by atoms with Crippen molar-refractivity contribution in [2.24, 2.45) is 11.8 Å². The van der Waals surface area contributed by atoms with Crippen molar-refractivity contribution in [1.82, 2.24) is 14.5 Å². The minimum atomic E-state index is -4.62. The Bertz CT molecular complexity index is 1400. The summed E-state index contributed by atoms with van der Waals surface area (Å²) in [5, 5.41) is 3.40. The largest absolute Gasteiger partial charge is 0.416 e. The third-order valence-corrected chi connectivity index (χ3v) is 11.8. The molecule has 222 valence electrons. The molecule has 7 rings (SSSR count). The molecule has 1 saturated heterocycles. The van der Waals surface area contributed by atoms with Crippen molar-refractivity contribution in [2.75, 3.05) is 13.1 Å². The molecule has 10 heteroatoms. The van der Waals surface area contributed by atoms with Crippen LogP contribution in [0.15, 0.2) is 53.4 Å². The second-order valence-electron chi connectivity index (χ2n) is 12.7. The van der Waals surface area contributed by atoms with E-state index in [1.807, 2.05) is 0 Å². The molecule has 1 N–H and O–H groups in total. The Kier molecular flexibility index (Phi) is 7.37. The van der Waals surface area contributed by atoms with E-state index in [0.717, 1.165) is 43.9 Å². The van der Waals surface area contributed by atoms with Crippen LogP contribution >= 0.6 is 0 Å². The normalized spacial score (nSPS) is 27.3. The second kappa shape index (κ2) is 10.6. The summed E-state index contributed by atoms with van der Waals surface area (Å²) in [5.41, 5.74) is 1.53. The van der Waals surface area contributed by atoms with E-state index in [2.05, 4.69) is 36.5 Å². The molecule has 2 aromatic rings. The first kappa shape index (κ1) is 28.5. The monoisotopic (exact) mass is 589 g/mol. The van der Waals surface area contributed by atoms with Gasteiger partial charge < -0.3 is 10.2 Å². The second-order valence-corrected chi connectivity index (χ2v) is 14.5. The number of likely N-dealkylation sites (tertiary alicyclic amines) is 1. The van der Waals surface area contributed by atoms with Gasteiger partial charge in [-0.25, -0.2) is 13.2 Å². The van der Waals surface area contributed by atoms with Crippen LogP contribution in [0.5, 0.6) is 0 Å². The van der Waals surface area contributed by atoms with E-state index in [0.29, 0.717) is 50.6 Å². The van der Waals surface area contributed by atoms with E-state index in [9.17, 15) is 26.4 Å². The van der Waals surface area contributed by atoms with Gasteiger partial charge in [0.05, 0.1) is 10.5 Å². The standard InChI is InChI=1S/C31H38F3N3O3S/c1-30(20-21-9-10-24(30)18-23-6-3-2-5-22(23)17-21)35-29(38)36-15-13-27(14-16-36)37(26-11-12-26)41(39,40)28-8-4-7-25(19-28)31(32,33)34/h2-8,19,21,24,26-27H,9-18,20H2,1H3,(H,35,38). The Hall–Kier alpha value is -2.59. The SMILES string of the molecule is CC1(NC(=O)N2CCC(N(C3CC3)S(=O)(=O)c3cccc(C(F)(F)F)c3)CC2)CC2CCC1Cc1ccccc1C2. The number of urea groups is 1. The molecule has 1 aliphatic heterocycles. The van der Waals surface area contributed by atoms with Gasteiger partial charge in [0.15, 0.2) is 0 Å². The molecule has 6 nitrogen and oxygen atoms in total. The highest BCUT2D eigenvalue weighted by Gasteiger charge is 2.46. The van der Waals surface area contributed by atoms with Gasteiger partial charge in [-0.1, -0.05) is 30.3 Å². The predicted octanol–water partition coefficient (Wildman–Crippen LogP) is 6.01. The lowest BCUT2D eigenvalue weighted by atomic mass is 9.63. The molecule has 1 heterocycles. The van der Waals surface area contributed by atoms with E-state index >= 15 is 0 Å². The molecular formula is C31H38F3N3O3S. The predicted molar refractivity (Wildman–Crippen MR) is 150 cm³/mol. The minimum Gasteiger partial charge on any atom is -0.333 e. The smallest absolute Gasteiger partial charge is 0.333 e. The average Bonchev–Trinajstić information content (AvgIpc) is 3.74. The van der Waals surface area contributed by atoms with Gasteiger partial charge in [0.2, 0.25) is 10.0 Å². The first-order chi connectivity index (χ1) is 19.4. The number of piperidine rings is 1. The maximum atomic E-state index is 13.6. The first-order valence-corrected chi connectivity index (χ1v) is 16.2. The number of halogens is 3. The van der Waals surface area contributed by atoms with E-state index in [1.165, 1.54) is 27.9 Å². The molecule has 2 bridgehead atoms. The number of hydrogen-bond acceptors (Lipinski definition) is 3. The Labute approximate surface area is 240 Å². The van der Waals surface area contributed by atoms with Crippen LogP contribution in [0.2, 0.25) is 0 Å². The molecular weight excluding hydrogens is 551 g/mol. The highest BCUT2D eigenvalue weighted by molar-refractivity contribution is 7.89. The van der Waals surface area contributed by atoms with Gasteiger partial charge in [-0.3, -0.25) is 0 Å². The molecule has 0 radical (unpaired) electrons. The van der Waals surface area contributed by atoms with Crippen molar-refractivity contribution in [3.63, 3.8) is 0 Å². The zero-order valence-corrected chi connectivity index (χ0v) is 24.2. The van der Waals surface area contributed by atoms with Crippen molar-refractivity contribution >= 4 is 16.1 Å². The molecule has 5 aliphatic rings. The highest BCUT2D eigenvalue weighted by Crippen LogP contribution is 2.44. The molecule has 3 unspecified atom stereocenters. The molecule has 4 aliphatic carbocycles. The lowest BCUT2D eigenvalue weighted by molar-refractivity contribution is -0.137. The lowest BCUT2D eigenvalue weighted by Gasteiger charge is -2.48. The molecule has 0 aromatic heterocycles. The van der Waals surface area contributed by atoms with Gasteiger partial charge in [0, 0.05) is 30.7 Å². The number of fused-ring (bicyclic) bond motifs is 2. The van der Waals surface area contributed by atoms with Gasteiger partial charge in [0.25, 0.3) is 0 Å². The quantitative estimate of drug-likeness (QED) is 0.465. The van der Waals surface area contributed by atoms with Crippen molar-refractivity contribution in [1.29, 1.82) is 0 Å². The zero-order valence-electron chi connectivity index (χ0n) is 23.4. The number of benzene rings is 2. The average molecular weight is 590 g/mol. The number of hydrogen-bond donors (Lipinski definition) is 1. The van der Waals surface area contributed by atoms with E-state index in [4.69, 9.17) is 0 Å². The molecule has 2 saturated carbocycles. The molecule has 3 fully saturated rings. The summed E-state index contributed by atoms with van der Waals surface area (Å²) in [6.45, 7) is 2.99. The van der Waals surface area contributed by atoms with Gasteiger partial charge in [-0.2, -0.15) is 17.5 Å². The number of nitrogens with zero attached hydrogens (tertiary/aromatic N) is 2. The van der Waals surface area contributed by atoms with Crippen LogP contribution < -0.4 is 5.32 Å². The topological polar surface area (TPSA) is 69.7 Å². The summed E-state index contributed by atoms with van der Waals surface area (Å²) in [6, 6.07) is 12.0. The zero-order chi connectivity index (χ0) is 29.0. The Morgan fingerprint density at radius 3 is 2.24 bits per heavy atom. The molecule has 2 aromatic carbocycles. The number of alkyl halides is 3. The number of carbonyl (C=O) groups excluding carboxylic acids is 1. The summed E-state index contributed by atoms with van der Waals surface area (Å²) in [6.07, 6.45) is 2.88. The summed E-state index contributed by atoms with van der Waals surface area (Å²) in [7, 11) is -4.11. The number of amides is 2. The summed E-state index contributed by atoms with van der Waals surface area (Å²) >= 11 is 0. The van der Waals surface area contributed by atoms with Crippen molar-refractivity contribution in [3.05, 3.63) is 65.2 Å². The van der Waals surface area contributed by atoms with Crippen LogP contribution in [0, 0.1) is 11.8 Å². The molecule has 3 atom stereocenters. The highest BCUT2D eigenvalue weighted by atomic mass is 32.2. The summed E-state index contributed by atoms with van der Waals surface area (Å²) in [5.74, 6) is 0.876. The summed E-state index contributed by atoms with van der Waals surface area (Å²) < 4.78 is 68.5. The van der Waals surface area contributed by atoms with Gasteiger partial charge >= 0.3 is 12.2 Å². The van der Waals surface area contributed by atoms with E-state index in [1.54, 1.807) is 4.90 Å². The number of carbonyl (C=O) groups is 1. The summed E-state index contributed by atoms with van der Waals surface area (Å²) in [4.78, 5) is 15.0. The maximum absolute atomic E-state index is 13.6. The number of nitrogens with one attached hydrogen (secondary N) is 1. The van der Waals surface area contributed by atoms with Crippen molar-refractivity contribution < 1.29 is 26.4 Å². The molecule has 2 amide bonds. The fraction of sp³-hybridized carbons (Fsp3) is 0.581. The third kappa shape index (κ3) is 5.74. The first-order valence-electron chi connectivity index (χ1n) is 14.8. The fourth-order valence-corrected chi connectivity index (χ4v) is 9.41.